The summed E-state index contributed by atoms with van der Waals surface area (Å²) >= 11 is 0. The second-order valence-electron chi connectivity index (χ2n) is 4.99. The Bertz CT molecular complexity index is 406. The Morgan fingerprint density at radius 2 is 1.88 bits per heavy atom. The van der Waals surface area contributed by atoms with E-state index in [0.29, 0.717) is 12.3 Å². The normalized spacial score (nSPS) is 10.7. The van der Waals surface area contributed by atoms with Crippen molar-refractivity contribution in [3.63, 3.8) is 0 Å². The molecule has 1 aromatic rings. The van der Waals surface area contributed by atoms with Crippen LogP contribution >= 0.6 is 0 Å². The number of rotatable bonds is 5. The zero-order valence-corrected chi connectivity index (χ0v) is 11.5. The minimum atomic E-state index is 0.238. The van der Waals surface area contributed by atoms with Crippen molar-refractivity contribution in [3.8, 4) is 5.75 Å². The van der Waals surface area contributed by atoms with Crippen molar-refractivity contribution < 1.29 is 9.53 Å². The highest BCUT2D eigenvalue weighted by Gasteiger charge is 2.12. The van der Waals surface area contributed by atoms with E-state index >= 15 is 0 Å². The molecule has 0 amide bonds. The van der Waals surface area contributed by atoms with Crippen molar-refractivity contribution in [2.45, 2.75) is 40.5 Å². The highest BCUT2D eigenvalue weighted by molar-refractivity contribution is 5.97. The lowest BCUT2D eigenvalue weighted by Crippen LogP contribution is -2.05. The number of carbonyl (C=O) groups excluding carboxylic acids is 1. The first-order valence-electron chi connectivity index (χ1n) is 6.14. The second kappa shape index (κ2) is 5.85. The topological polar surface area (TPSA) is 26.3 Å². The molecule has 0 saturated heterocycles. The summed E-state index contributed by atoms with van der Waals surface area (Å²) in [5.41, 5.74) is 2.86. The van der Waals surface area contributed by atoms with Crippen LogP contribution in [0.4, 0.5) is 0 Å². The summed E-state index contributed by atoms with van der Waals surface area (Å²) in [5.74, 6) is 1.66. The van der Waals surface area contributed by atoms with Gasteiger partial charge in [0.1, 0.15) is 5.75 Å². The molecule has 0 aliphatic heterocycles. The third-order valence-electron chi connectivity index (χ3n) is 2.99. The van der Waals surface area contributed by atoms with Crippen LogP contribution in [0.15, 0.2) is 12.1 Å². The van der Waals surface area contributed by atoms with Crippen LogP contribution in [-0.4, -0.2) is 12.9 Å². The van der Waals surface area contributed by atoms with Crippen LogP contribution in [0.3, 0.4) is 0 Å². The molecule has 17 heavy (non-hydrogen) atoms. The number of hydrogen-bond acceptors (Lipinski definition) is 2. The first-order valence-corrected chi connectivity index (χ1v) is 6.14. The second-order valence-corrected chi connectivity index (χ2v) is 4.99. The van der Waals surface area contributed by atoms with Gasteiger partial charge in [-0.05, 0) is 49.4 Å². The summed E-state index contributed by atoms with van der Waals surface area (Å²) in [5, 5.41) is 0. The maximum atomic E-state index is 12.1. The Morgan fingerprint density at radius 3 is 2.41 bits per heavy atom. The smallest absolute Gasteiger partial charge is 0.163 e. The van der Waals surface area contributed by atoms with Gasteiger partial charge in [0.25, 0.3) is 0 Å². The molecule has 0 heterocycles. The largest absolute Gasteiger partial charge is 0.496 e. The number of ether oxygens (including phenoxy) is 1. The van der Waals surface area contributed by atoms with E-state index in [1.54, 1.807) is 7.11 Å². The van der Waals surface area contributed by atoms with Gasteiger partial charge in [-0.3, -0.25) is 4.79 Å². The average molecular weight is 234 g/mol. The van der Waals surface area contributed by atoms with Crippen molar-refractivity contribution in [1.29, 1.82) is 0 Å². The fourth-order valence-corrected chi connectivity index (χ4v) is 1.86. The predicted octanol–water partition coefficient (Wildman–Crippen LogP) is 3.93. The van der Waals surface area contributed by atoms with Crippen LogP contribution < -0.4 is 4.74 Å². The molecular weight excluding hydrogens is 212 g/mol. The van der Waals surface area contributed by atoms with Crippen molar-refractivity contribution in [2.75, 3.05) is 7.11 Å². The first kappa shape index (κ1) is 13.8. The van der Waals surface area contributed by atoms with E-state index in [2.05, 4.69) is 13.8 Å². The first-order chi connectivity index (χ1) is 7.95. The van der Waals surface area contributed by atoms with Crippen LogP contribution in [0, 0.1) is 19.8 Å². The van der Waals surface area contributed by atoms with Gasteiger partial charge in [-0.2, -0.15) is 0 Å². The molecule has 1 aromatic carbocycles. The lowest BCUT2D eigenvalue weighted by Gasteiger charge is -2.11. The van der Waals surface area contributed by atoms with Gasteiger partial charge in [0.05, 0.1) is 7.11 Å². The molecule has 2 heteroatoms. The molecule has 0 fully saturated rings. The molecule has 0 saturated carbocycles. The van der Waals surface area contributed by atoms with Gasteiger partial charge in [-0.1, -0.05) is 13.8 Å². The van der Waals surface area contributed by atoms with Gasteiger partial charge in [0, 0.05) is 12.0 Å². The van der Waals surface area contributed by atoms with Gasteiger partial charge >= 0.3 is 0 Å². The van der Waals surface area contributed by atoms with E-state index in [9.17, 15) is 4.79 Å². The highest BCUT2D eigenvalue weighted by Crippen LogP contribution is 2.24. The number of carbonyl (C=O) groups is 1. The van der Waals surface area contributed by atoms with Crippen LogP contribution in [0.25, 0.3) is 0 Å². The van der Waals surface area contributed by atoms with Crippen molar-refractivity contribution in [2.24, 2.45) is 5.92 Å². The maximum absolute atomic E-state index is 12.1. The Balaban J connectivity index is 2.91. The SMILES string of the molecule is COc1cc(C)c(C(=O)CCC(C)C)cc1C. The summed E-state index contributed by atoms with van der Waals surface area (Å²) in [4.78, 5) is 12.1. The number of methoxy groups -OCH3 is 1. The van der Waals surface area contributed by atoms with Crippen LogP contribution in [0.1, 0.15) is 48.2 Å². The quantitative estimate of drug-likeness (QED) is 0.721. The van der Waals surface area contributed by atoms with Crippen molar-refractivity contribution in [1.82, 2.24) is 0 Å². The molecule has 0 bridgehead atoms. The summed E-state index contributed by atoms with van der Waals surface area (Å²) in [6.45, 7) is 8.21. The number of Topliss-reactive ketones (excluding diaryl/α,β-unsaturated/α-hetero) is 1. The van der Waals surface area contributed by atoms with Gasteiger partial charge in [0.15, 0.2) is 5.78 Å². The number of ketones is 1. The Hall–Kier alpha value is -1.31. The number of aryl methyl sites for hydroxylation is 2. The minimum absolute atomic E-state index is 0.238. The molecule has 0 spiro atoms. The molecule has 1 rings (SSSR count). The summed E-state index contributed by atoms with van der Waals surface area (Å²) < 4.78 is 5.25. The van der Waals surface area contributed by atoms with Gasteiger partial charge in [-0.25, -0.2) is 0 Å². The lowest BCUT2D eigenvalue weighted by molar-refractivity contribution is 0.0974. The maximum Gasteiger partial charge on any atom is 0.163 e. The standard InChI is InChI=1S/C15H22O2/c1-10(2)6-7-14(16)13-8-12(4)15(17-5)9-11(13)3/h8-10H,6-7H2,1-5H3. The van der Waals surface area contributed by atoms with E-state index in [4.69, 9.17) is 4.74 Å². The zero-order valence-electron chi connectivity index (χ0n) is 11.5. The zero-order chi connectivity index (χ0) is 13.0. The third-order valence-corrected chi connectivity index (χ3v) is 2.99. The highest BCUT2D eigenvalue weighted by atomic mass is 16.5. The van der Waals surface area contributed by atoms with Gasteiger partial charge in [0.2, 0.25) is 0 Å². The fourth-order valence-electron chi connectivity index (χ4n) is 1.86. The Morgan fingerprint density at radius 1 is 1.24 bits per heavy atom. The molecule has 0 atom stereocenters. The van der Waals surface area contributed by atoms with Crippen LogP contribution in [-0.2, 0) is 0 Å². The number of benzene rings is 1. The summed E-state index contributed by atoms with van der Waals surface area (Å²) in [6, 6.07) is 3.88. The van der Waals surface area contributed by atoms with Crippen molar-refractivity contribution >= 4 is 5.78 Å². The van der Waals surface area contributed by atoms with Gasteiger partial charge < -0.3 is 4.74 Å². The van der Waals surface area contributed by atoms with E-state index in [1.807, 2.05) is 26.0 Å². The third kappa shape index (κ3) is 3.58. The van der Waals surface area contributed by atoms with E-state index in [1.165, 1.54) is 0 Å². The van der Waals surface area contributed by atoms with E-state index in [0.717, 1.165) is 28.9 Å². The van der Waals surface area contributed by atoms with Gasteiger partial charge in [-0.15, -0.1) is 0 Å². The lowest BCUT2D eigenvalue weighted by atomic mass is 9.96. The Kier molecular flexibility index (Phi) is 4.73. The molecular formula is C15H22O2. The minimum Gasteiger partial charge on any atom is -0.496 e. The Labute approximate surface area is 104 Å². The average Bonchev–Trinajstić information content (AvgIpc) is 2.28. The molecule has 0 radical (unpaired) electrons. The summed E-state index contributed by atoms with van der Waals surface area (Å²) in [7, 11) is 1.65. The van der Waals surface area contributed by atoms with Crippen molar-refractivity contribution in [3.05, 3.63) is 28.8 Å². The van der Waals surface area contributed by atoms with E-state index in [-0.39, 0.29) is 5.78 Å². The number of hydrogen-bond donors (Lipinski definition) is 0. The molecule has 0 aliphatic rings. The molecule has 0 aromatic heterocycles. The molecule has 94 valence electrons. The molecule has 0 unspecified atom stereocenters. The van der Waals surface area contributed by atoms with E-state index < -0.39 is 0 Å². The predicted molar refractivity (Wildman–Crippen MR) is 70.9 cm³/mol. The van der Waals surface area contributed by atoms with Crippen LogP contribution in [0.5, 0.6) is 5.75 Å². The molecule has 0 aliphatic carbocycles. The monoisotopic (exact) mass is 234 g/mol. The molecule has 0 N–H and O–H groups in total. The summed E-state index contributed by atoms with van der Waals surface area (Å²) in [6.07, 6.45) is 1.58. The van der Waals surface area contributed by atoms with Crippen LogP contribution in [0.2, 0.25) is 0 Å². The fraction of sp³-hybridized carbons (Fsp3) is 0.533. The molecule has 2 nitrogen and oxygen atoms in total.